The summed E-state index contributed by atoms with van der Waals surface area (Å²) >= 11 is 0. The lowest BCUT2D eigenvalue weighted by Crippen LogP contribution is -2.60. The first kappa shape index (κ1) is 18.4. The molecule has 0 unspecified atom stereocenters. The number of amides is 1. The molecular formula is C19H28N2O3S. The third-order valence-corrected chi connectivity index (χ3v) is 7.08. The van der Waals surface area contributed by atoms with Crippen LogP contribution in [-0.2, 0) is 27.6 Å². The molecule has 25 heavy (non-hydrogen) atoms. The fraction of sp³-hybridized carbons (Fsp3) is 0.632. The van der Waals surface area contributed by atoms with E-state index in [0.29, 0.717) is 6.54 Å². The van der Waals surface area contributed by atoms with Crippen molar-refractivity contribution >= 4 is 15.7 Å². The maximum atomic E-state index is 12.5. The van der Waals surface area contributed by atoms with Crippen LogP contribution in [0.3, 0.4) is 0 Å². The molecule has 0 N–H and O–H groups in total. The molecule has 2 fully saturated rings. The molecule has 3 rings (SSSR count). The number of benzene rings is 1. The van der Waals surface area contributed by atoms with Crippen molar-refractivity contribution in [2.24, 2.45) is 5.92 Å². The van der Waals surface area contributed by atoms with E-state index in [9.17, 15) is 13.2 Å². The summed E-state index contributed by atoms with van der Waals surface area (Å²) in [7, 11) is -3.09. The Kier molecular flexibility index (Phi) is 5.21. The van der Waals surface area contributed by atoms with Gasteiger partial charge in [0.05, 0.1) is 17.5 Å². The van der Waals surface area contributed by atoms with Gasteiger partial charge in [0.1, 0.15) is 0 Å². The highest BCUT2D eigenvalue weighted by atomic mass is 32.2. The number of sulfone groups is 1. The molecule has 2 heterocycles. The lowest BCUT2D eigenvalue weighted by Gasteiger charge is -2.44. The molecule has 5 nitrogen and oxygen atoms in total. The molecular weight excluding hydrogens is 336 g/mol. The Labute approximate surface area is 150 Å². The van der Waals surface area contributed by atoms with E-state index in [4.69, 9.17) is 0 Å². The first-order chi connectivity index (χ1) is 11.8. The zero-order chi connectivity index (χ0) is 18.2. The number of piperazine rings is 1. The van der Waals surface area contributed by atoms with Gasteiger partial charge in [-0.15, -0.1) is 0 Å². The van der Waals surface area contributed by atoms with Crippen molar-refractivity contribution in [3.05, 3.63) is 35.4 Å². The summed E-state index contributed by atoms with van der Waals surface area (Å²) in [6, 6.07) is 8.23. The molecule has 1 amide bonds. The zero-order valence-corrected chi connectivity index (χ0v) is 16.1. The highest BCUT2D eigenvalue weighted by Gasteiger charge is 2.48. The van der Waals surface area contributed by atoms with E-state index >= 15 is 0 Å². The number of carbonyl (C=O) groups excluding carboxylic acids is 1. The number of hydrogen-bond acceptors (Lipinski definition) is 4. The van der Waals surface area contributed by atoms with E-state index in [1.807, 2.05) is 18.7 Å². The van der Waals surface area contributed by atoms with Crippen LogP contribution in [0.15, 0.2) is 24.3 Å². The topological polar surface area (TPSA) is 57.7 Å². The third-order valence-electron chi connectivity index (χ3n) is 5.38. The summed E-state index contributed by atoms with van der Waals surface area (Å²) in [5, 5.41) is 0. The van der Waals surface area contributed by atoms with Crippen LogP contribution < -0.4 is 0 Å². The standard InChI is InChI=1S/C19H28N2O3S/c1-4-15-5-7-16(8-6-15)11-20-9-10-21(19(22)14(2)3)18-13-25(23,24)12-17(18)20/h5-8,14,17-18H,4,9-13H2,1-3H3/t17-,18+/m1/s1. The van der Waals surface area contributed by atoms with Gasteiger partial charge in [0.2, 0.25) is 5.91 Å². The van der Waals surface area contributed by atoms with E-state index < -0.39 is 9.84 Å². The summed E-state index contributed by atoms with van der Waals surface area (Å²) in [6.45, 7) is 7.97. The molecule has 138 valence electrons. The molecule has 0 radical (unpaired) electrons. The number of fused-ring (bicyclic) bond motifs is 1. The van der Waals surface area contributed by atoms with Crippen LogP contribution in [0.4, 0.5) is 0 Å². The van der Waals surface area contributed by atoms with Crippen LogP contribution >= 0.6 is 0 Å². The second-order valence-corrected chi connectivity index (χ2v) is 9.69. The minimum Gasteiger partial charge on any atom is -0.336 e. The Balaban J connectivity index is 1.79. The second-order valence-electron chi connectivity index (χ2n) is 7.54. The van der Waals surface area contributed by atoms with Crippen LogP contribution in [0, 0.1) is 5.92 Å². The van der Waals surface area contributed by atoms with Crippen LogP contribution in [0.1, 0.15) is 31.9 Å². The molecule has 1 aromatic rings. The Morgan fingerprint density at radius 2 is 1.68 bits per heavy atom. The molecule has 2 saturated heterocycles. The second kappa shape index (κ2) is 7.08. The predicted octanol–water partition coefficient (Wildman–Crippen LogP) is 1.71. The van der Waals surface area contributed by atoms with E-state index in [-0.39, 0.29) is 35.4 Å². The Morgan fingerprint density at radius 1 is 1.08 bits per heavy atom. The summed E-state index contributed by atoms with van der Waals surface area (Å²) < 4.78 is 24.5. The summed E-state index contributed by atoms with van der Waals surface area (Å²) in [4.78, 5) is 16.6. The van der Waals surface area contributed by atoms with Gasteiger partial charge in [-0.3, -0.25) is 9.69 Å². The minimum atomic E-state index is -3.09. The third kappa shape index (κ3) is 3.90. The van der Waals surface area contributed by atoms with Gasteiger partial charge in [0.15, 0.2) is 9.84 Å². The van der Waals surface area contributed by atoms with Crippen LogP contribution in [-0.4, -0.2) is 60.8 Å². The predicted molar refractivity (Wildman–Crippen MR) is 99.0 cm³/mol. The lowest BCUT2D eigenvalue weighted by molar-refractivity contribution is -0.140. The Hall–Kier alpha value is -1.40. The molecule has 0 aliphatic carbocycles. The number of aryl methyl sites for hydroxylation is 1. The van der Waals surface area contributed by atoms with Crippen molar-refractivity contribution in [1.82, 2.24) is 9.80 Å². The van der Waals surface area contributed by atoms with Gasteiger partial charge in [-0.05, 0) is 17.5 Å². The quantitative estimate of drug-likeness (QED) is 0.816. The maximum absolute atomic E-state index is 12.5. The van der Waals surface area contributed by atoms with Crippen molar-refractivity contribution in [1.29, 1.82) is 0 Å². The maximum Gasteiger partial charge on any atom is 0.225 e. The van der Waals surface area contributed by atoms with Gasteiger partial charge < -0.3 is 4.90 Å². The smallest absolute Gasteiger partial charge is 0.225 e. The van der Waals surface area contributed by atoms with E-state index in [2.05, 4.69) is 36.1 Å². The van der Waals surface area contributed by atoms with Crippen molar-refractivity contribution < 1.29 is 13.2 Å². The van der Waals surface area contributed by atoms with Crippen LogP contribution in [0.25, 0.3) is 0 Å². The molecule has 0 spiro atoms. The average Bonchev–Trinajstić information content (AvgIpc) is 2.90. The van der Waals surface area contributed by atoms with Crippen molar-refractivity contribution in [2.75, 3.05) is 24.6 Å². The molecule has 0 bridgehead atoms. The highest BCUT2D eigenvalue weighted by molar-refractivity contribution is 7.91. The van der Waals surface area contributed by atoms with Gasteiger partial charge >= 0.3 is 0 Å². The Bertz CT molecular complexity index is 728. The SMILES string of the molecule is CCc1ccc(CN2CCN(C(=O)C(C)C)[C@H]3CS(=O)(=O)C[C@H]32)cc1. The molecule has 2 aliphatic heterocycles. The van der Waals surface area contributed by atoms with Gasteiger partial charge in [-0.25, -0.2) is 8.42 Å². The van der Waals surface area contributed by atoms with Crippen LogP contribution in [0.2, 0.25) is 0 Å². The van der Waals surface area contributed by atoms with Gasteiger partial charge in [0.25, 0.3) is 0 Å². The number of carbonyl (C=O) groups is 1. The van der Waals surface area contributed by atoms with Gasteiger partial charge in [-0.2, -0.15) is 0 Å². The summed E-state index contributed by atoms with van der Waals surface area (Å²) in [6.07, 6.45) is 1.01. The molecule has 2 aliphatic rings. The largest absolute Gasteiger partial charge is 0.336 e. The van der Waals surface area contributed by atoms with E-state index in [0.717, 1.165) is 19.5 Å². The molecule has 6 heteroatoms. The fourth-order valence-electron chi connectivity index (χ4n) is 3.94. The van der Waals surface area contributed by atoms with Gasteiger partial charge in [0, 0.05) is 31.6 Å². The minimum absolute atomic E-state index is 0.0686. The van der Waals surface area contributed by atoms with Gasteiger partial charge in [-0.1, -0.05) is 45.0 Å². The first-order valence-corrected chi connectivity index (χ1v) is 11.0. The first-order valence-electron chi connectivity index (χ1n) is 9.13. The zero-order valence-electron chi connectivity index (χ0n) is 15.3. The lowest BCUT2D eigenvalue weighted by atomic mass is 10.0. The van der Waals surface area contributed by atoms with Crippen molar-refractivity contribution in [3.63, 3.8) is 0 Å². The number of hydrogen-bond donors (Lipinski definition) is 0. The molecule has 1 aromatic carbocycles. The average molecular weight is 365 g/mol. The highest BCUT2D eigenvalue weighted by Crippen LogP contribution is 2.29. The summed E-state index contributed by atoms with van der Waals surface area (Å²) in [5.74, 6) is 0.227. The monoisotopic (exact) mass is 364 g/mol. The van der Waals surface area contributed by atoms with Crippen molar-refractivity contribution in [3.8, 4) is 0 Å². The molecule has 2 atom stereocenters. The molecule has 0 saturated carbocycles. The van der Waals surface area contributed by atoms with Crippen LogP contribution in [0.5, 0.6) is 0 Å². The molecule has 0 aromatic heterocycles. The number of rotatable bonds is 4. The van der Waals surface area contributed by atoms with E-state index in [1.54, 1.807) is 0 Å². The number of nitrogens with zero attached hydrogens (tertiary/aromatic N) is 2. The van der Waals surface area contributed by atoms with E-state index in [1.165, 1.54) is 11.1 Å². The normalized spacial score (nSPS) is 26.0. The fourth-order valence-corrected chi connectivity index (χ4v) is 5.95. The van der Waals surface area contributed by atoms with Crippen molar-refractivity contribution in [2.45, 2.75) is 45.8 Å². The summed E-state index contributed by atoms with van der Waals surface area (Å²) in [5.41, 5.74) is 2.50. The Morgan fingerprint density at radius 3 is 2.28 bits per heavy atom.